The van der Waals surface area contributed by atoms with Crippen LogP contribution in [0.25, 0.3) is 16.7 Å². The second-order valence-corrected chi connectivity index (χ2v) is 9.59. The Morgan fingerprint density at radius 3 is 2.33 bits per heavy atom. The molecule has 0 aliphatic heterocycles. The molecule has 2 heterocycles. The summed E-state index contributed by atoms with van der Waals surface area (Å²) in [5, 5.41) is 14.9. The van der Waals surface area contributed by atoms with Crippen LogP contribution in [-0.2, 0) is 12.7 Å². The molecule has 12 heteroatoms. The Labute approximate surface area is 220 Å². The van der Waals surface area contributed by atoms with Gasteiger partial charge in [-0.2, -0.15) is 18.3 Å². The minimum absolute atomic E-state index is 0.00388. The van der Waals surface area contributed by atoms with Crippen molar-refractivity contribution < 1.29 is 18.3 Å². The molecule has 0 amide bonds. The quantitative estimate of drug-likeness (QED) is 0.248. The van der Waals surface area contributed by atoms with Gasteiger partial charge in [0.1, 0.15) is 22.4 Å². The molecule has 0 fully saturated rings. The number of hydrogen-bond acceptors (Lipinski definition) is 6. The summed E-state index contributed by atoms with van der Waals surface area (Å²) >= 11 is 14.0. The monoisotopic (exact) mass is 555 g/mol. The third-order valence-corrected chi connectivity index (χ3v) is 6.69. The highest BCUT2D eigenvalue weighted by Crippen LogP contribution is 2.40. The Kier molecular flexibility index (Phi) is 7.99. The summed E-state index contributed by atoms with van der Waals surface area (Å²) in [5.74, 6) is 1.04. The van der Waals surface area contributed by atoms with Gasteiger partial charge >= 0.3 is 6.18 Å². The lowest BCUT2D eigenvalue weighted by Gasteiger charge is -2.25. The fourth-order valence-corrected chi connectivity index (χ4v) is 5.06. The lowest BCUT2D eigenvalue weighted by Crippen LogP contribution is -2.26. The van der Waals surface area contributed by atoms with Gasteiger partial charge in [-0.3, -0.25) is 0 Å². The first kappa shape index (κ1) is 26.5. The Morgan fingerprint density at radius 2 is 1.75 bits per heavy atom. The van der Waals surface area contributed by atoms with Crippen molar-refractivity contribution in [2.45, 2.75) is 31.1 Å². The van der Waals surface area contributed by atoms with Crippen molar-refractivity contribution in [3.05, 3.63) is 69.5 Å². The van der Waals surface area contributed by atoms with E-state index in [0.717, 1.165) is 17.7 Å². The highest BCUT2D eigenvalue weighted by atomic mass is 35.5. The number of aromatic nitrogens is 4. The molecule has 0 bridgehead atoms. The predicted molar refractivity (Wildman–Crippen MR) is 137 cm³/mol. The van der Waals surface area contributed by atoms with Crippen LogP contribution < -0.4 is 4.90 Å². The van der Waals surface area contributed by atoms with Crippen LogP contribution in [0.2, 0.25) is 10.0 Å². The Morgan fingerprint density at radius 1 is 1.08 bits per heavy atom. The molecule has 0 aliphatic rings. The molecule has 0 aliphatic carbocycles. The predicted octanol–water partition coefficient (Wildman–Crippen LogP) is 6.56. The highest BCUT2D eigenvalue weighted by Gasteiger charge is 2.33. The van der Waals surface area contributed by atoms with E-state index in [2.05, 4.69) is 10.1 Å². The minimum Gasteiger partial charge on any atom is -0.396 e. The lowest BCUT2D eigenvalue weighted by molar-refractivity contribution is -0.137. The van der Waals surface area contributed by atoms with E-state index >= 15 is 0 Å². The maximum absolute atomic E-state index is 13.3. The zero-order valence-corrected chi connectivity index (χ0v) is 21.7. The van der Waals surface area contributed by atoms with Crippen molar-refractivity contribution in [1.29, 1.82) is 0 Å². The number of fused-ring (bicyclic) bond motifs is 1. The topological polar surface area (TPSA) is 67.1 Å². The number of benzene rings is 2. The van der Waals surface area contributed by atoms with Crippen molar-refractivity contribution >= 4 is 51.8 Å². The van der Waals surface area contributed by atoms with Crippen LogP contribution in [-0.4, -0.2) is 44.3 Å². The second-order valence-electron chi connectivity index (χ2n) is 7.98. The molecule has 6 nitrogen and oxygen atoms in total. The van der Waals surface area contributed by atoms with Crippen LogP contribution in [0.4, 0.5) is 19.0 Å². The molecule has 0 atom stereocenters. The van der Waals surface area contributed by atoms with E-state index in [9.17, 15) is 18.3 Å². The number of aliphatic hydroxyl groups is 1. The van der Waals surface area contributed by atoms with Crippen LogP contribution in [0.5, 0.6) is 0 Å². The molecule has 0 saturated heterocycles. The number of halogens is 5. The molecule has 0 unspecified atom stereocenters. The van der Waals surface area contributed by atoms with Crippen LogP contribution in [0.3, 0.4) is 0 Å². The third kappa shape index (κ3) is 5.41. The van der Waals surface area contributed by atoms with Gasteiger partial charge in [0, 0.05) is 19.7 Å². The van der Waals surface area contributed by atoms with Gasteiger partial charge in [-0.05, 0) is 37.3 Å². The first-order valence-corrected chi connectivity index (χ1v) is 12.9. The van der Waals surface area contributed by atoms with Gasteiger partial charge in [0.05, 0.1) is 21.0 Å². The average Bonchev–Trinajstić information content (AvgIpc) is 3.19. The summed E-state index contributed by atoms with van der Waals surface area (Å²) in [6.45, 7) is 2.76. The SMILES string of the molecule is CSc1nn(-c2c(Cl)cc(C(F)(F)F)cc2Cl)c2nc(C)nc(N(CCCO)Cc3ccccc3)c12. The van der Waals surface area contributed by atoms with Crippen molar-refractivity contribution in [3.8, 4) is 5.69 Å². The number of thioether (sulfide) groups is 1. The molecule has 4 aromatic rings. The van der Waals surface area contributed by atoms with E-state index in [1.165, 1.54) is 16.4 Å². The Hall–Kier alpha value is -2.53. The van der Waals surface area contributed by atoms with E-state index < -0.39 is 11.7 Å². The molecule has 0 radical (unpaired) electrons. The normalized spacial score (nSPS) is 11.9. The van der Waals surface area contributed by atoms with Crippen molar-refractivity contribution in [2.75, 3.05) is 24.3 Å². The van der Waals surface area contributed by atoms with E-state index in [1.807, 2.05) is 41.5 Å². The van der Waals surface area contributed by atoms with Crippen molar-refractivity contribution in [1.82, 2.24) is 19.7 Å². The van der Waals surface area contributed by atoms with Crippen molar-refractivity contribution in [3.63, 3.8) is 0 Å². The fourth-order valence-electron chi connectivity index (χ4n) is 3.86. The molecule has 36 heavy (non-hydrogen) atoms. The molecule has 0 spiro atoms. The first-order valence-electron chi connectivity index (χ1n) is 10.9. The van der Waals surface area contributed by atoms with Gasteiger partial charge in [0.2, 0.25) is 0 Å². The fraction of sp³-hybridized carbons (Fsp3) is 0.292. The van der Waals surface area contributed by atoms with E-state index in [0.29, 0.717) is 47.2 Å². The van der Waals surface area contributed by atoms with Gasteiger partial charge < -0.3 is 10.0 Å². The van der Waals surface area contributed by atoms with E-state index in [-0.39, 0.29) is 22.3 Å². The lowest BCUT2D eigenvalue weighted by atomic mass is 10.2. The van der Waals surface area contributed by atoms with Crippen LogP contribution in [0, 0.1) is 6.92 Å². The van der Waals surface area contributed by atoms with Crippen LogP contribution >= 0.6 is 35.0 Å². The zero-order valence-electron chi connectivity index (χ0n) is 19.4. The first-order chi connectivity index (χ1) is 17.1. The molecule has 2 aromatic carbocycles. The number of nitrogens with zero attached hydrogens (tertiary/aromatic N) is 5. The van der Waals surface area contributed by atoms with Gasteiger partial charge in [0.25, 0.3) is 0 Å². The van der Waals surface area contributed by atoms with Gasteiger partial charge in [-0.1, -0.05) is 53.5 Å². The largest absolute Gasteiger partial charge is 0.416 e. The number of alkyl halides is 3. The molecule has 1 N–H and O–H groups in total. The summed E-state index contributed by atoms with van der Waals surface area (Å²) in [7, 11) is 0. The van der Waals surface area contributed by atoms with Crippen LogP contribution in [0.15, 0.2) is 47.5 Å². The van der Waals surface area contributed by atoms with E-state index in [1.54, 1.807) is 6.92 Å². The third-order valence-electron chi connectivity index (χ3n) is 5.44. The van der Waals surface area contributed by atoms with Gasteiger partial charge in [-0.25, -0.2) is 14.6 Å². The van der Waals surface area contributed by atoms with Crippen LogP contribution in [0.1, 0.15) is 23.4 Å². The molecular formula is C24H22Cl2F3N5OS. The van der Waals surface area contributed by atoms with E-state index in [4.69, 9.17) is 28.2 Å². The second kappa shape index (κ2) is 10.8. The number of aliphatic hydroxyl groups excluding tert-OH is 1. The molecule has 2 aromatic heterocycles. The number of rotatable bonds is 8. The van der Waals surface area contributed by atoms with Crippen molar-refractivity contribution in [2.24, 2.45) is 0 Å². The molecule has 0 saturated carbocycles. The highest BCUT2D eigenvalue weighted by molar-refractivity contribution is 7.98. The van der Waals surface area contributed by atoms with Gasteiger partial charge in [0.15, 0.2) is 5.65 Å². The molecular weight excluding hydrogens is 534 g/mol. The summed E-state index contributed by atoms with van der Waals surface area (Å²) < 4.78 is 41.2. The van der Waals surface area contributed by atoms with Gasteiger partial charge in [-0.15, -0.1) is 11.8 Å². The molecule has 190 valence electrons. The summed E-state index contributed by atoms with van der Waals surface area (Å²) in [4.78, 5) is 11.3. The summed E-state index contributed by atoms with van der Waals surface area (Å²) in [6.07, 6.45) is -2.25. The maximum Gasteiger partial charge on any atom is 0.416 e. The number of aryl methyl sites for hydroxylation is 1. The summed E-state index contributed by atoms with van der Waals surface area (Å²) in [5.41, 5.74) is 0.567. The number of hydrogen-bond donors (Lipinski definition) is 1. The summed E-state index contributed by atoms with van der Waals surface area (Å²) in [6, 6.07) is 11.5. The zero-order chi connectivity index (χ0) is 26.0. The standard InChI is InChI=1S/C24H22Cl2F3N5OS/c1-14-30-21(33(9-6-10-35)13-15-7-4-3-5-8-15)19-22(31-14)34(32-23(19)36-2)20-17(25)11-16(12-18(20)26)24(27,28)29/h3-5,7-8,11-12,35H,6,9-10,13H2,1-2H3. The maximum atomic E-state index is 13.3. The average molecular weight is 556 g/mol. The Balaban J connectivity index is 1.93. The minimum atomic E-state index is -4.60. The smallest absolute Gasteiger partial charge is 0.396 e. The Bertz CT molecular complexity index is 1360. The molecule has 4 rings (SSSR count). The number of anilines is 1.